The zero-order valence-electron chi connectivity index (χ0n) is 34.2. The second-order valence-electron chi connectivity index (χ2n) is 17.0. The molecule has 0 aliphatic heterocycles. The van der Waals surface area contributed by atoms with E-state index in [0.29, 0.717) is 0 Å². The topological polar surface area (TPSA) is 8.17 Å². The summed E-state index contributed by atoms with van der Waals surface area (Å²) in [7, 11) is 0. The van der Waals surface area contributed by atoms with Crippen molar-refractivity contribution in [3.8, 4) is 39.1 Å². The van der Waals surface area contributed by atoms with Gasteiger partial charge in [0.15, 0.2) is 0 Å². The van der Waals surface area contributed by atoms with Gasteiger partial charge in [-0.05, 0) is 127 Å². The van der Waals surface area contributed by atoms with Gasteiger partial charge in [-0.3, -0.25) is 0 Å². The first kappa shape index (κ1) is 35.3. The van der Waals surface area contributed by atoms with Gasteiger partial charge in [0.25, 0.3) is 0 Å². The molecule has 61 heavy (non-hydrogen) atoms. The van der Waals surface area contributed by atoms with E-state index >= 15 is 0 Å². The lowest BCUT2D eigenvalue weighted by Gasteiger charge is -2.28. The van der Waals surface area contributed by atoms with E-state index in [-0.39, 0.29) is 5.41 Å². The van der Waals surface area contributed by atoms with Crippen LogP contribution in [0.3, 0.4) is 0 Å². The molecule has 12 rings (SSSR count). The molecule has 0 saturated heterocycles. The molecule has 11 aromatic rings. The molecule has 0 unspecified atom stereocenters. The number of rotatable bonds is 6. The highest BCUT2D eigenvalue weighted by molar-refractivity contribution is 6.24. The number of anilines is 3. The Morgan fingerprint density at radius 2 is 1.02 bits per heavy atom. The fourth-order valence-corrected chi connectivity index (χ4v) is 10.2. The summed E-state index contributed by atoms with van der Waals surface area (Å²) in [6.07, 6.45) is 0. The molecule has 1 aliphatic rings. The van der Waals surface area contributed by atoms with Crippen molar-refractivity contribution >= 4 is 60.4 Å². The first-order chi connectivity index (χ1) is 30.0. The molecule has 10 aromatic carbocycles. The Bertz CT molecular complexity index is 3480. The van der Waals surface area contributed by atoms with Crippen molar-refractivity contribution in [2.45, 2.75) is 19.3 Å². The third-order valence-electron chi connectivity index (χ3n) is 13.1. The Balaban J connectivity index is 1.03. The predicted molar refractivity (Wildman–Crippen MR) is 259 cm³/mol. The summed E-state index contributed by atoms with van der Waals surface area (Å²) in [6.45, 7) is 4.70. The summed E-state index contributed by atoms with van der Waals surface area (Å²) in [5.41, 5.74) is 17.1. The highest BCUT2D eigenvalue weighted by Crippen LogP contribution is 2.51. The molecular weight excluding hydrogens is 737 g/mol. The van der Waals surface area contributed by atoms with Crippen LogP contribution in [-0.4, -0.2) is 4.57 Å². The number of para-hydroxylation sites is 1. The average molecular weight is 779 g/mol. The molecule has 288 valence electrons. The molecule has 1 heterocycles. The van der Waals surface area contributed by atoms with E-state index in [9.17, 15) is 0 Å². The summed E-state index contributed by atoms with van der Waals surface area (Å²) in [5, 5.41) is 7.45. The van der Waals surface area contributed by atoms with Gasteiger partial charge in [-0.15, -0.1) is 0 Å². The van der Waals surface area contributed by atoms with Crippen LogP contribution in [0.2, 0.25) is 0 Å². The Morgan fingerprint density at radius 1 is 0.377 bits per heavy atom. The van der Waals surface area contributed by atoms with Crippen molar-refractivity contribution in [1.82, 2.24) is 4.57 Å². The van der Waals surface area contributed by atoms with E-state index in [1.807, 2.05) is 0 Å². The molecule has 0 saturated carbocycles. The van der Waals surface area contributed by atoms with Crippen molar-refractivity contribution in [3.05, 3.63) is 230 Å². The largest absolute Gasteiger partial charge is 0.310 e. The lowest BCUT2D eigenvalue weighted by Crippen LogP contribution is -2.16. The van der Waals surface area contributed by atoms with Gasteiger partial charge in [0.1, 0.15) is 0 Å². The van der Waals surface area contributed by atoms with E-state index in [4.69, 9.17) is 0 Å². The van der Waals surface area contributed by atoms with Crippen molar-refractivity contribution in [3.63, 3.8) is 0 Å². The van der Waals surface area contributed by atoms with Crippen LogP contribution in [0.4, 0.5) is 17.1 Å². The van der Waals surface area contributed by atoms with Crippen LogP contribution in [0.15, 0.2) is 218 Å². The summed E-state index contributed by atoms with van der Waals surface area (Å²) in [4.78, 5) is 2.39. The van der Waals surface area contributed by atoms with Crippen LogP contribution in [0.25, 0.3) is 82.4 Å². The lowest BCUT2D eigenvalue weighted by molar-refractivity contribution is 0.660. The summed E-state index contributed by atoms with van der Waals surface area (Å²) < 4.78 is 2.49. The SMILES string of the molecule is CC1(C)c2ccccc2-c2ccc(N(c3ccccc3)c3ccc(-c4ccc5c(c4)c4c(-c6ccccc6)cc6ccccc6c4n5-c4ccc5ccccc5c4)cc3)cc21. The van der Waals surface area contributed by atoms with E-state index in [0.717, 1.165) is 22.7 Å². The molecule has 2 nitrogen and oxygen atoms in total. The maximum Gasteiger partial charge on any atom is 0.0625 e. The standard InChI is InChI=1S/C59H42N2/c1-59(2)54-24-14-13-23-50(54)51-33-32-48(38-55(51)59)60(45-20-7-4-8-21-45)46-29-25-40(26-30-46)43-28-34-56-53(36-43)57-52(41-16-5-3-6-17-41)37-44-19-11-12-22-49(44)58(57)61(56)47-31-27-39-15-9-10-18-42(39)35-47/h3-38H,1-2H3. The van der Waals surface area contributed by atoms with Gasteiger partial charge in [-0.1, -0.05) is 166 Å². The molecule has 2 heteroatoms. The minimum Gasteiger partial charge on any atom is -0.310 e. The van der Waals surface area contributed by atoms with Gasteiger partial charge >= 0.3 is 0 Å². The molecule has 0 atom stereocenters. The van der Waals surface area contributed by atoms with E-state index < -0.39 is 0 Å². The van der Waals surface area contributed by atoms with Gasteiger partial charge < -0.3 is 9.47 Å². The van der Waals surface area contributed by atoms with Gasteiger partial charge in [0, 0.05) is 44.3 Å². The Labute approximate surface area is 356 Å². The maximum absolute atomic E-state index is 2.49. The van der Waals surface area contributed by atoms with E-state index in [1.165, 1.54) is 87.9 Å². The predicted octanol–water partition coefficient (Wildman–Crippen LogP) is 16.2. The minimum atomic E-state index is -0.0864. The van der Waals surface area contributed by atoms with Crippen LogP contribution in [0, 0.1) is 0 Å². The van der Waals surface area contributed by atoms with Gasteiger partial charge in [0.2, 0.25) is 0 Å². The fourth-order valence-electron chi connectivity index (χ4n) is 10.2. The molecule has 0 spiro atoms. The molecule has 0 bridgehead atoms. The first-order valence-corrected chi connectivity index (χ1v) is 21.3. The number of fused-ring (bicyclic) bond motifs is 9. The maximum atomic E-state index is 2.49. The van der Waals surface area contributed by atoms with Crippen LogP contribution in [-0.2, 0) is 5.41 Å². The summed E-state index contributed by atoms with van der Waals surface area (Å²) in [6, 6.07) is 80.4. The van der Waals surface area contributed by atoms with Crippen molar-refractivity contribution in [2.75, 3.05) is 4.90 Å². The third kappa shape index (κ3) is 5.56. The van der Waals surface area contributed by atoms with Crippen LogP contribution in [0.5, 0.6) is 0 Å². The number of hydrogen-bond acceptors (Lipinski definition) is 1. The zero-order valence-corrected chi connectivity index (χ0v) is 34.2. The molecule has 0 fully saturated rings. The lowest BCUT2D eigenvalue weighted by atomic mass is 9.82. The number of aromatic nitrogens is 1. The van der Waals surface area contributed by atoms with E-state index in [2.05, 4.69) is 242 Å². The monoisotopic (exact) mass is 778 g/mol. The normalized spacial score (nSPS) is 12.9. The van der Waals surface area contributed by atoms with E-state index in [1.54, 1.807) is 0 Å². The zero-order chi connectivity index (χ0) is 40.7. The third-order valence-corrected chi connectivity index (χ3v) is 13.1. The molecule has 0 N–H and O–H groups in total. The molecule has 1 aromatic heterocycles. The first-order valence-electron chi connectivity index (χ1n) is 21.3. The van der Waals surface area contributed by atoms with Crippen molar-refractivity contribution < 1.29 is 0 Å². The second kappa shape index (κ2) is 13.7. The summed E-state index contributed by atoms with van der Waals surface area (Å²) >= 11 is 0. The Morgan fingerprint density at radius 3 is 1.84 bits per heavy atom. The Kier molecular flexibility index (Phi) is 7.92. The number of hydrogen-bond donors (Lipinski definition) is 0. The fraction of sp³-hybridized carbons (Fsp3) is 0.0508. The van der Waals surface area contributed by atoms with Gasteiger partial charge in [0.05, 0.1) is 11.0 Å². The highest BCUT2D eigenvalue weighted by atomic mass is 15.1. The average Bonchev–Trinajstić information content (AvgIpc) is 3.78. The molecular formula is C59H42N2. The molecule has 1 aliphatic carbocycles. The van der Waals surface area contributed by atoms with Crippen molar-refractivity contribution in [1.29, 1.82) is 0 Å². The number of benzene rings is 10. The smallest absolute Gasteiger partial charge is 0.0625 e. The van der Waals surface area contributed by atoms with Crippen LogP contribution < -0.4 is 4.90 Å². The quantitative estimate of drug-likeness (QED) is 0.163. The second-order valence-corrected chi connectivity index (χ2v) is 17.0. The molecule has 0 amide bonds. The minimum absolute atomic E-state index is 0.0864. The molecule has 0 radical (unpaired) electrons. The summed E-state index contributed by atoms with van der Waals surface area (Å²) in [5.74, 6) is 0. The van der Waals surface area contributed by atoms with Crippen molar-refractivity contribution in [2.24, 2.45) is 0 Å². The highest BCUT2D eigenvalue weighted by Gasteiger charge is 2.35. The number of nitrogens with zero attached hydrogens (tertiary/aromatic N) is 2. The van der Waals surface area contributed by atoms with Gasteiger partial charge in [-0.25, -0.2) is 0 Å². The van der Waals surface area contributed by atoms with Crippen LogP contribution >= 0.6 is 0 Å². The Hall–Kier alpha value is -7.68. The van der Waals surface area contributed by atoms with Gasteiger partial charge in [-0.2, -0.15) is 0 Å². The van der Waals surface area contributed by atoms with Crippen LogP contribution in [0.1, 0.15) is 25.0 Å².